The molecule has 0 fully saturated rings. The normalized spacial score (nSPS) is 15.7. The van der Waals surface area contributed by atoms with Crippen LogP contribution in [0.1, 0.15) is 24.6 Å². The van der Waals surface area contributed by atoms with Crippen LogP contribution in [0.3, 0.4) is 0 Å². The number of carbonyl (C=O) groups is 1. The fraction of sp³-hybridized carbons (Fsp3) is 0.412. The fourth-order valence-corrected chi connectivity index (χ4v) is 3.05. The molecule has 0 saturated heterocycles. The summed E-state index contributed by atoms with van der Waals surface area (Å²) in [4.78, 5) is 18.7. The van der Waals surface area contributed by atoms with E-state index in [4.69, 9.17) is 16.3 Å². The number of amides is 1. The second-order valence-corrected chi connectivity index (χ2v) is 6.30. The quantitative estimate of drug-likeness (QED) is 0.867. The van der Waals surface area contributed by atoms with Crippen molar-refractivity contribution in [1.29, 1.82) is 0 Å². The molecule has 1 aromatic heterocycles. The highest BCUT2D eigenvalue weighted by atomic mass is 35.5. The molecule has 23 heavy (non-hydrogen) atoms. The van der Waals surface area contributed by atoms with Gasteiger partial charge in [0, 0.05) is 24.3 Å². The van der Waals surface area contributed by atoms with Crippen molar-refractivity contribution in [1.82, 2.24) is 14.5 Å². The third-order valence-electron chi connectivity index (χ3n) is 4.08. The predicted molar refractivity (Wildman–Crippen MR) is 88.5 cm³/mol. The number of aromatic nitrogens is 2. The van der Waals surface area contributed by atoms with Gasteiger partial charge in [0.25, 0.3) is 5.91 Å². The Morgan fingerprint density at radius 2 is 2.22 bits per heavy atom. The van der Waals surface area contributed by atoms with Gasteiger partial charge in [-0.05, 0) is 44.0 Å². The minimum absolute atomic E-state index is 0.00556. The van der Waals surface area contributed by atoms with Crippen LogP contribution in [0.2, 0.25) is 5.02 Å². The van der Waals surface area contributed by atoms with E-state index < -0.39 is 6.10 Å². The van der Waals surface area contributed by atoms with Crippen LogP contribution in [0.25, 0.3) is 0 Å². The number of rotatable bonds is 3. The molecule has 0 radical (unpaired) electrons. The Morgan fingerprint density at radius 3 is 3.00 bits per heavy atom. The van der Waals surface area contributed by atoms with Crippen LogP contribution in [-0.2, 0) is 17.9 Å². The van der Waals surface area contributed by atoms with Gasteiger partial charge in [0.05, 0.1) is 18.6 Å². The number of imidazole rings is 1. The molecule has 0 unspecified atom stereocenters. The molecular weight excluding hydrogens is 314 g/mol. The van der Waals surface area contributed by atoms with E-state index in [1.54, 1.807) is 19.1 Å². The molecule has 3 rings (SSSR count). The summed E-state index contributed by atoms with van der Waals surface area (Å²) < 4.78 is 7.95. The highest BCUT2D eigenvalue weighted by Crippen LogP contribution is 2.23. The summed E-state index contributed by atoms with van der Waals surface area (Å²) in [5, 5.41) is 0.662. The zero-order valence-corrected chi connectivity index (χ0v) is 14.1. The smallest absolute Gasteiger partial charge is 0.263 e. The van der Waals surface area contributed by atoms with E-state index in [2.05, 4.69) is 9.55 Å². The number of aryl methyl sites for hydroxylation is 2. The molecule has 1 amide bonds. The van der Waals surface area contributed by atoms with Crippen molar-refractivity contribution in [2.75, 3.05) is 6.54 Å². The monoisotopic (exact) mass is 333 g/mol. The summed E-state index contributed by atoms with van der Waals surface area (Å²) in [5.41, 5.74) is 1.98. The van der Waals surface area contributed by atoms with E-state index in [0.29, 0.717) is 17.3 Å². The summed E-state index contributed by atoms with van der Waals surface area (Å²) in [6, 6.07) is 5.41. The van der Waals surface area contributed by atoms with Gasteiger partial charge in [-0.25, -0.2) is 4.98 Å². The molecule has 1 aliphatic heterocycles. The second kappa shape index (κ2) is 6.62. The molecule has 6 heteroatoms. The Morgan fingerprint density at radius 1 is 1.39 bits per heavy atom. The van der Waals surface area contributed by atoms with Crippen LogP contribution in [0, 0.1) is 6.92 Å². The maximum absolute atomic E-state index is 12.7. The van der Waals surface area contributed by atoms with Gasteiger partial charge in [-0.3, -0.25) is 4.79 Å². The van der Waals surface area contributed by atoms with Crippen LogP contribution >= 0.6 is 11.6 Å². The summed E-state index contributed by atoms with van der Waals surface area (Å²) >= 11 is 5.95. The standard InChI is InChI=1S/C17H20ClN3O2/c1-12-8-14(18)4-5-16(12)23-13(2)17(22)20-6-3-7-21-11-19-9-15(21)10-20/h4-5,8-9,11,13H,3,6-7,10H2,1-2H3/t13-/m0/s1. The van der Waals surface area contributed by atoms with Crippen LogP contribution in [0.5, 0.6) is 5.75 Å². The lowest BCUT2D eigenvalue weighted by atomic mass is 10.2. The summed E-state index contributed by atoms with van der Waals surface area (Å²) in [7, 11) is 0. The average molecular weight is 334 g/mol. The van der Waals surface area contributed by atoms with Crippen molar-refractivity contribution < 1.29 is 9.53 Å². The van der Waals surface area contributed by atoms with E-state index in [0.717, 1.165) is 30.8 Å². The number of hydrogen-bond donors (Lipinski definition) is 0. The summed E-state index contributed by atoms with van der Waals surface area (Å²) in [6.07, 6.45) is 4.02. The molecule has 2 heterocycles. The number of carbonyl (C=O) groups excluding carboxylic acids is 1. The molecular formula is C17H20ClN3O2. The van der Waals surface area contributed by atoms with Gasteiger partial charge >= 0.3 is 0 Å². The third-order valence-corrected chi connectivity index (χ3v) is 4.31. The van der Waals surface area contributed by atoms with Gasteiger partial charge in [0.1, 0.15) is 5.75 Å². The van der Waals surface area contributed by atoms with Crippen molar-refractivity contribution in [3.63, 3.8) is 0 Å². The Labute approximate surface area is 140 Å². The molecule has 5 nitrogen and oxygen atoms in total. The molecule has 122 valence electrons. The third kappa shape index (κ3) is 3.50. The van der Waals surface area contributed by atoms with E-state index in [9.17, 15) is 4.79 Å². The van der Waals surface area contributed by atoms with Crippen LogP contribution in [-0.4, -0.2) is 33.0 Å². The molecule has 0 saturated carbocycles. The highest BCUT2D eigenvalue weighted by Gasteiger charge is 2.25. The van der Waals surface area contributed by atoms with Crippen LogP contribution in [0.4, 0.5) is 0 Å². The summed E-state index contributed by atoms with van der Waals surface area (Å²) in [5.74, 6) is 0.684. The Bertz CT molecular complexity index is 714. The molecule has 1 atom stereocenters. The topological polar surface area (TPSA) is 47.4 Å². The minimum atomic E-state index is -0.538. The molecule has 1 aromatic carbocycles. The number of benzene rings is 1. The number of fused-ring (bicyclic) bond motifs is 1. The van der Waals surface area contributed by atoms with Gasteiger partial charge in [0.15, 0.2) is 6.10 Å². The molecule has 0 aliphatic carbocycles. The number of nitrogens with zero attached hydrogens (tertiary/aromatic N) is 3. The van der Waals surface area contributed by atoms with Crippen molar-refractivity contribution >= 4 is 17.5 Å². The first kappa shape index (κ1) is 15.9. The summed E-state index contributed by atoms with van der Waals surface area (Å²) in [6.45, 7) is 5.91. The largest absolute Gasteiger partial charge is 0.481 e. The van der Waals surface area contributed by atoms with Gasteiger partial charge < -0.3 is 14.2 Å². The second-order valence-electron chi connectivity index (χ2n) is 5.86. The Balaban J connectivity index is 1.69. The lowest BCUT2D eigenvalue weighted by molar-refractivity contribution is -0.138. The minimum Gasteiger partial charge on any atom is -0.481 e. The lowest BCUT2D eigenvalue weighted by Gasteiger charge is -2.24. The predicted octanol–water partition coefficient (Wildman–Crippen LogP) is 3.04. The van der Waals surface area contributed by atoms with Crippen molar-refractivity contribution in [3.05, 3.63) is 47.0 Å². The zero-order chi connectivity index (χ0) is 16.4. The van der Waals surface area contributed by atoms with Gasteiger partial charge in [-0.2, -0.15) is 0 Å². The van der Waals surface area contributed by atoms with Gasteiger partial charge in [-0.15, -0.1) is 0 Å². The molecule has 2 aromatic rings. The molecule has 1 aliphatic rings. The number of hydrogen-bond acceptors (Lipinski definition) is 3. The lowest BCUT2D eigenvalue weighted by Crippen LogP contribution is -2.40. The van der Waals surface area contributed by atoms with Crippen molar-refractivity contribution in [2.45, 2.75) is 39.5 Å². The van der Waals surface area contributed by atoms with Gasteiger partial charge in [-0.1, -0.05) is 11.6 Å². The Kier molecular flexibility index (Phi) is 4.57. The SMILES string of the molecule is Cc1cc(Cl)ccc1O[C@@H](C)C(=O)N1CCCn2cncc2C1. The van der Waals surface area contributed by atoms with E-state index in [1.165, 1.54) is 0 Å². The number of ether oxygens (including phenoxy) is 1. The van der Waals surface area contributed by atoms with Crippen LogP contribution < -0.4 is 4.74 Å². The van der Waals surface area contributed by atoms with E-state index in [-0.39, 0.29) is 5.91 Å². The first-order valence-electron chi connectivity index (χ1n) is 7.75. The van der Waals surface area contributed by atoms with E-state index in [1.807, 2.05) is 30.4 Å². The average Bonchev–Trinajstić information content (AvgIpc) is 2.86. The molecule has 0 spiro atoms. The van der Waals surface area contributed by atoms with Crippen LogP contribution in [0.15, 0.2) is 30.7 Å². The van der Waals surface area contributed by atoms with E-state index >= 15 is 0 Å². The van der Waals surface area contributed by atoms with Crippen molar-refractivity contribution in [3.8, 4) is 5.75 Å². The van der Waals surface area contributed by atoms with Crippen molar-refractivity contribution in [2.24, 2.45) is 0 Å². The fourth-order valence-electron chi connectivity index (χ4n) is 2.82. The first-order valence-corrected chi connectivity index (χ1v) is 8.13. The maximum Gasteiger partial charge on any atom is 0.263 e. The maximum atomic E-state index is 12.7. The molecule has 0 bridgehead atoms. The highest BCUT2D eigenvalue weighted by molar-refractivity contribution is 6.30. The first-order chi connectivity index (χ1) is 11.0. The zero-order valence-electron chi connectivity index (χ0n) is 13.3. The molecule has 0 N–H and O–H groups in total. The van der Waals surface area contributed by atoms with Gasteiger partial charge in [0.2, 0.25) is 0 Å². The Hall–Kier alpha value is -2.01. The number of halogens is 1.